The Balaban J connectivity index is 2.70. The fourth-order valence-corrected chi connectivity index (χ4v) is 1.54. The predicted molar refractivity (Wildman–Crippen MR) is 68.7 cm³/mol. The first kappa shape index (κ1) is 13.7. The Morgan fingerprint density at radius 1 is 1.24 bits per heavy atom. The third kappa shape index (κ3) is 4.19. The van der Waals surface area contributed by atoms with Gasteiger partial charge < -0.3 is 10.5 Å². The van der Waals surface area contributed by atoms with E-state index in [0.29, 0.717) is 0 Å². The summed E-state index contributed by atoms with van der Waals surface area (Å²) in [5.74, 6) is -0.403. The fourth-order valence-electron chi connectivity index (χ4n) is 1.54. The molecule has 1 aromatic carbocycles. The summed E-state index contributed by atoms with van der Waals surface area (Å²) in [5.41, 5.74) is 6.48. The zero-order chi connectivity index (χ0) is 13.1. The van der Waals surface area contributed by atoms with Crippen molar-refractivity contribution in [3.8, 4) is 0 Å². The zero-order valence-electron chi connectivity index (χ0n) is 10.9. The van der Waals surface area contributed by atoms with Crippen LogP contribution in [0.4, 0.5) is 0 Å². The molecule has 0 amide bonds. The molecule has 0 unspecified atom stereocenters. The molecule has 0 aliphatic heterocycles. The summed E-state index contributed by atoms with van der Waals surface area (Å²) in [6, 6.07) is 9.12. The SMILES string of the molecule is C[C@@H](c1ccccc1)[C@@H](N)C(=O)OC(C)(C)C. The van der Waals surface area contributed by atoms with Gasteiger partial charge in [-0.3, -0.25) is 4.79 Å². The van der Waals surface area contributed by atoms with Crippen LogP contribution in [0.25, 0.3) is 0 Å². The molecule has 2 atom stereocenters. The molecule has 0 fully saturated rings. The number of hydrogen-bond acceptors (Lipinski definition) is 3. The number of esters is 1. The van der Waals surface area contributed by atoms with Gasteiger partial charge in [0.15, 0.2) is 0 Å². The third-order valence-corrected chi connectivity index (χ3v) is 2.54. The Hall–Kier alpha value is -1.35. The van der Waals surface area contributed by atoms with E-state index in [1.807, 2.05) is 58.0 Å². The number of ether oxygens (including phenoxy) is 1. The van der Waals surface area contributed by atoms with Crippen molar-refractivity contribution in [1.29, 1.82) is 0 Å². The molecule has 3 heteroatoms. The molecule has 0 saturated carbocycles. The Kier molecular flexibility index (Phi) is 4.29. The minimum Gasteiger partial charge on any atom is -0.459 e. The van der Waals surface area contributed by atoms with Crippen LogP contribution in [0.1, 0.15) is 39.2 Å². The lowest BCUT2D eigenvalue weighted by molar-refractivity contribution is -0.156. The molecule has 1 aromatic rings. The van der Waals surface area contributed by atoms with Gasteiger partial charge >= 0.3 is 5.97 Å². The summed E-state index contributed by atoms with van der Waals surface area (Å²) in [5, 5.41) is 0. The van der Waals surface area contributed by atoms with E-state index in [1.54, 1.807) is 0 Å². The largest absolute Gasteiger partial charge is 0.459 e. The van der Waals surface area contributed by atoms with Crippen molar-refractivity contribution >= 4 is 5.97 Å². The lowest BCUT2D eigenvalue weighted by Gasteiger charge is -2.25. The standard InChI is InChI=1S/C14H21NO2/c1-10(11-8-6-5-7-9-11)12(15)13(16)17-14(2,3)4/h5-10,12H,15H2,1-4H3/t10-,12+/m0/s1. The number of benzene rings is 1. The van der Waals surface area contributed by atoms with Gasteiger partial charge in [-0.2, -0.15) is 0 Å². The van der Waals surface area contributed by atoms with Crippen LogP contribution in [0.15, 0.2) is 30.3 Å². The van der Waals surface area contributed by atoms with Gasteiger partial charge in [-0.25, -0.2) is 0 Å². The van der Waals surface area contributed by atoms with Crippen LogP contribution >= 0.6 is 0 Å². The summed E-state index contributed by atoms with van der Waals surface area (Å²) in [6.45, 7) is 7.45. The van der Waals surface area contributed by atoms with E-state index < -0.39 is 11.6 Å². The maximum Gasteiger partial charge on any atom is 0.324 e. The van der Waals surface area contributed by atoms with E-state index in [4.69, 9.17) is 10.5 Å². The minimum atomic E-state index is -0.628. The van der Waals surface area contributed by atoms with E-state index in [9.17, 15) is 4.79 Å². The lowest BCUT2D eigenvalue weighted by atomic mass is 9.94. The van der Waals surface area contributed by atoms with Crippen LogP contribution in [0.3, 0.4) is 0 Å². The predicted octanol–water partition coefficient (Wildman–Crippen LogP) is 2.46. The molecule has 94 valence electrons. The first-order chi connectivity index (χ1) is 7.81. The second-order valence-corrected chi connectivity index (χ2v) is 5.26. The van der Waals surface area contributed by atoms with E-state index in [-0.39, 0.29) is 11.9 Å². The first-order valence-electron chi connectivity index (χ1n) is 5.84. The number of carbonyl (C=O) groups excluding carboxylic acids is 1. The van der Waals surface area contributed by atoms with Crippen molar-refractivity contribution in [1.82, 2.24) is 0 Å². The molecule has 3 nitrogen and oxygen atoms in total. The molecular formula is C14H21NO2. The number of rotatable bonds is 3. The van der Waals surface area contributed by atoms with Gasteiger partial charge in [-0.1, -0.05) is 37.3 Å². The van der Waals surface area contributed by atoms with Crippen molar-refractivity contribution in [3.63, 3.8) is 0 Å². The van der Waals surface area contributed by atoms with Crippen LogP contribution in [0.2, 0.25) is 0 Å². The highest BCUT2D eigenvalue weighted by Gasteiger charge is 2.27. The van der Waals surface area contributed by atoms with Crippen molar-refractivity contribution in [3.05, 3.63) is 35.9 Å². The summed E-state index contributed by atoms with van der Waals surface area (Å²) < 4.78 is 5.28. The van der Waals surface area contributed by atoms with Crippen LogP contribution in [-0.4, -0.2) is 17.6 Å². The fraction of sp³-hybridized carbons (Fsp3) is 0.500. The molecule has 1 rings (SSSR count). The molecular weight excluding hydrogens is 214 g/mol. The molecule has 0 saturated heterocycles. The Bertz CT molecular complexity index is 368. The summed E-state index contributed by atoms with van der Waals surface area (Å²) in [4.78, 5) is 11.8. The van der Waals surface area contributed by atoms with Crippen LogP contribution in [0, 0.1) is 0 Å². The van der Waals surface area contributed by atoms with Gasteiger partial charge in [0, 0.05) is 5.92 Å². The van der Waals surface area contributed by atoms with E-state index in [0.717, 1.165) is 5.56 Å². The second kappa shape index (κ2) is 5.32. The zero-order valence-corrected chi connectivity index (χ0v) is 10.9. The average Bonchev–Trinajstić information content (AvgIpc) is 2.26. The number of nitrogens with two attached hydrogens (primary N) is 1. The monoisotopic (exact) mass is 235 g/mol. The summed E-state index contributed by atoms with van der Waals surface area (Å²) >= 11 is 0. The smallest absolute Gasteiger partial charge is 0.324 e. The molecule has 0 radical (unpaired) electrons. The highest BCUT2D eigenvalue weighted by molar-refractivity contribution is 5.77. The second-order valence-electron chi connectivity index (χ2n) is 5.26. The van der Waals surface area contributed by atoms with Gasteiger partial charge in [0.05, 0.1) is 0 Å². The Labute approximate surface area is 103 Å². The highest BCUT2D eigenvalue weighted by atomic mass is 16.6. The van der Waals surface area contributed by atoms with Gasteiger partial charge in [0.1, 0.15) is 11.6 Å². The topological polar surface area (TPSA) is 52.3 Å². The summed E-state index contributed by atoms with van der Waals surface area (Å²) in [7, 11) is 0. The van der Waals surface area contributed by atoms with Gasteiger partial charge in [-0.05, 0) is 26.3 Å². The van der Waals surface area contributed by atoms with Crippen LogP contribution in [-0.2, 0) is 9.53 Å². The molecule has 0 bridgehead atoms. The molecule has 0 aromatic heterocycles. The molecule has 2 N–H and O–H groups in total. The summed E-state index contributed by atoms with van der Waals surface area (Å²) in [6.07, 6.45) is 0. The molecule has 0 aliphatic carbocycles. The van der Waals surface area contributed by atoms with Crippen molar-refractivity contribution in [2.45, 2.75) is 45.3 Å². The number of hydrogen-bond donors (Lipinski definition) is 1. The normalized spacial score (nSPS) is 15.1. The van der Waals surface area contributed by atoms with E-state index in [1.165, 1.54) is 0 Å². The minimum absolute atomic E-state index is 0.0500. The van der Waals surface area contributed by atoms with Crippen molar-refractivity contribution in [2.75, 3.05) is 0 Å². The van der Waals surface area contributed by atoms with E-state index in [2.05, 4.69) is 0 Å². The van der Waals surface area contributed by atoms with Crippen molar-refractivity contribution < 1.29 is 9.53 Å². The average molecular weight is 235 g/mol. The lowest BCUT2D eigenvalue weighted by Crippen LogP contribution is -2.40. The van der Waals surface area contributed by atoms with Crippen LogP contribution in [0.5, 0.6) is 0 Å². The van der Waals surface area contributed by atoms with E-state index >= 15 is 0 Å². The number of carbonyl (C=O) groups is 1. The van der Waals surface area contributed by atoms with Crippen molar-refractivity contribution in [2.24, 2.45) is 5.73 Å². The highest BCUT2D eigenvalue weighted by Crippen LogP contribution is 2.20. The van der Waals surface area contributed by atoms with Gasteiger partial charge in [-0.15, -0.1) is 0 Å². The maximum absolute atomic E-state index is 11.8. The Morgan fingerprint density at radius 2 is 1.76 bits per heavy atom. The Morgan fingerprint density at radius 3 is 2.24 bits per heavy atom. The molecule has 0 spiro atoms. The van der Waals surface area contributed by atoms with Crippen LogP contribution < -0.4 is 5.73 Å². The quantitative estimate of drug-likeness (QED) is 0.819. The molecule has 0 aliphatic rings. The first-order valence-corrected chi connectivity index (χ1v) is 5.84. The maximum atomic E-state index is 11.8. The third-order valence-electron chi connectivity index (χ3n) is 2.54. The molecule has 0 heterocycles. The van der Waals surface area contributed by atoms with Gasteiger partial charge in [0.2, 0.25) is 0 Å². The van der Waals surface area contributed by atoms with Gasteiger partial charge in [0.25, 0.3) is 0 Å². The molecule has 17 heavy (non-hydrogen) atoms.